The van der Waals surface area contributed by atoms with Crippen molar-refractivity contribution >= 4 is 44.7 Å². The van der Waals surface area contributed by atoms with Crippen molar-refractivity contribution in [2.45, 2.75) is 44.3 Å². The highest BCUT2D eigenvalue weighted by molar-refractivity contribution is 7.21. The van der Waals surface area contributed by atoms with Gasteiger partial charge in [-0.05, 0) is 36.5 Å². The van der Waals surface area contributed by atoms with Crippen LogP contribution >= 0.6 is 11.3 Å². The van der Waals surface area contributed by atoms with E-state index in [2.05, 4.69) is 11.9 Å². The molecule has 2 heterocycles. The van der Waals surface area contributed by atoms with E-state index in [0.29, 0.717) is 39.5 Å². The van der Waals surface area contributed by atoms with Gasteiger partial charge in [0.05, 0.1) is 15.6 Å². The maximum Gasteiger partial charge on any atom is 0.262 e. The molecule has 3 unspecified atom stereocenters. The van der Waals surface area contributed by atoms with Gasteiger partial charge in [0.2, 0.25) is 5.91 Å². The zero-order valence-corrected chi connectivity index (χ0v) is 19.1. The van der Waals surface area contributed by atoms with Gasteiger partial charge in [0.15, 0.2) is 5.78 Å². The molecule has 170 valence electrons. The van der Waals surface area contributed by atoms with Gasteiger partial charge < -0.3 is 27.4 Å². The summed E-state index contributed by atoms with van der Waals surface area (Å²) in [7, 11) is 0. The highest BCUT2D eigenvalue weighted by atomic mass is 32.1. The minimum atomic E-state index is -1.25. The van der Waals surface area contributed by atoms with Gasteiger partial charge in [-0.15, -0.1) is 11.3 Å². The van der Waals surface area contributed by atoms with Gasteiger partial charge in [-0.25, -0.2) is 0 Å². The van der Waals surface area contributed by atoms with Crippen molar-refractivity contribution < 1.29 is 14.4 Å². The number of hydrogen-bond donors (Lipinski definition) is 4. The minimum absolute atomic E-state index is 0.154. The molecule has 1 fully saturated rings. The van der Waals surface area contributed by atoms with Crippen LogP contribution in [-0.4, -0.2) is 41.6 Å². The third-order valence-corrected chi connectivity index (χ3v) is 7.97. The molecule has 0 radical (unpaired) electrons. The number of hydrogen-bond acceptors (Lipinski definition) is 7. The molecule has 0 spiro atoms. The summed E-state index contributed by atoms with van der Waals surface area (Å²) in [4.78, 5) is 40.7. The van der Waals surface area contributed by atoms with Crippen LogP contribution in [0, 0.1) is 5.92 Å². The standard InChI is InChI=1S/C23H29N5O3S/c1-4-15(29)28-9-5-6-12(10-28)27-22(31)20-17-16-13(7-8-14(24)19(16)32-20)23(26,11(2)3)21(30)18(17)25/h4,7-8,11-12,18H,1,5-6,9-10,24-26H2,2-3H3,(H,27,31). The number of amides is 2. The fraction of sp³-hybridized carbons (Fsp3) is 0.435. The minimum Gasteiger partial charge on any atom is -0.398 e. The Balaban J connectivity index is 1.76. The summed E-state index contributed by atoms with van der Waals surface area (Å²) in [6, 6.07) is 2.29. The van der Waals surface area contributed by atoms with Crippen LogP contribution in [0.1, 0.15) is 53.5 Å². The molecule has 0 saturated carbocycles. The Bertz CT molecular complexity index is 1140. The summed E-state index contributed by atoms with van der Waals surface area (Å²) in [5.74, 6) is -0.964. The van der Waals surface area contributed by atoms with Crippen LogP contribution in [0.15, 0.2) is 24.8 Å². The highest BCUT2D eigenvalue weighted by Gasteiger charge is 2.49. The summed E-state index contributed by atoms with van der Waals surface area (Å²) in [5, 5.41) is 3.74. The number of nitrogens with two attached hydrogens (primary N) is 3. The number of thiophene rings is 1. The normalized spacial score (nSPS) is 25.3. The molecule has 1 aliphatic carbocycles. The molecule has 2 aliphatic rings. The molecule has 1 aromatic carbocycles. The van der Waals surface area contributed by atoms with Crippen LogP contribution in [0.5, 0.6) is 0 Å². The monoisotopic (exact) mass is 455 g/mol. The lowest BCUT2D eigenvalue weighted by molar-refractivity contribution is -0.128. The molecule has 2 amide bonds. The van der Waals surface area contributed by atoms with E-state index in [-0.39, 0.29) is 29.6 Å². The average Bonchev–Trinajstić information content (AvgIpc) is 3.18. The van der Waals surface area contributed by atoms with Crippen molar-refractivity contribution in [3.63, 3.8) is 0 Å². The molecule has 4 rings (SSSR count). The molecule has 2 aromatic rings. The predicted molar refractivity (Wildman–Crippen MR) is 126 cm³/mol. The number of likely N-dealkylation sites (tertiary alicyclic amines) is 1. The number of benzene rings is 1. The summed E-state index contributed by atoms with van der Waals surface area (Å²) >= 11 is 1.23. The zero-order valence-electron chi connectivity index (χ0n) is 18.3. The fourth-order valence-corrected chi connectivity index (χ4v) is 6.05. The molecular weight excluding hydrogens is 426 g/mol. The number of nitrogens with zero attached hydrogens (tertiary/aromatic N) is 1. The maximum atomic E-state index is 13.3. The van der Waals surface area contributed by atoms with E-state index in [4.69, 9.17) is 17.2 Å². The number of carbonyl (C=O) groups excluding carboxylic acids is 3. The molecule has 1 saturated heterocycles. The largest absolute Gasteiger partial charge is 0.398 e. The quantitative estimate of drug-likeness (QED) is 0.408. The lowest BCUT2D eigenvalue weighted by Crippen LogP contribution is -2.55. The number of carbonyl (C=O) groups is 3. The average molecular weight is 456 g/mol. The number of rotatable bonds is 4. The molecule has 9 heteroatoms. The van der Waals surface area contributed by atoms with Crippen LogP contribution in [-0.2, 0) is 15.1 Å². The molecule has 1 aliphatic heterocycles. The molecule has 7 N–H and O–H groups in total. The lowest BCUT2D eigenvalue weighted by Gasteiger charge is -2.39. The van der Waals surface area contributed by atoms with Crippen molar-refractivity contribution in [1.29, 1.82) is 0 Å². The fourth-order valence-electron chi connectivity index (χ4n) is 4.85. The molecule has 0 bridgehead atoms. The number of Topliss-reactive ketones (excluding diaryl/α,β-unsaturated/α-hetero) is 1. The Kier molecular flexibility index (Phi) is 5.60. The third kappa shape index (κ3) is 3.23. The third-order valence-electron chi connectivity index (χ3n) is 6.71. The van der Waals surface area contributed by atoms with Gasteiger partial charge in [0.25, 0.3) is 5.91 Å². The van der Waals surface area contributed by atoms with Crippen LogP contribution in [0.3, 0.4) is 0 Å². The SMILES string of the molecule is C=CC(=O)N1CCCC(NC(=O)c2sc3c(N)ccc4c3c2C(N)C(=O)C4(N)C(C)C)C1. The van der Waals surface area contributed by atoms with Gasteiger partial charge in [-0.1, -0.05) is 26.5 Å². The second-order valence-corrected chi connectivity index (χ2v) is 9.94. The van der Waals surface area contributed by atoms with E-state index in [1.54, 1.807) is 17.0 Å². The first kappa shape index (κ1) is 22.4. The molecule has 8 nitrogen and oxygen atoms in total. The first-order valence-corrected chi connectivity index (χ1v) is 11.6. The Hall–Kier alpha value is -2.75. The Morgan fingerprint density at radius 1 is 1.38 bits per heavy atom. The molecular formula is C23H29N5O3S. The van der Waals surface area contributed by atoms with Gasteiger partial charge >= 0.3 is 0 Å². The summed E-state index contributed by atoms with van der Waals surface area (Å²) < 4.78 is 0.716. The van der Waals surface area contributed by atoms with Crippen molar-refractivity contribution in [3.8, 4) is 0 Å². The van der Waals surface area contributed by atoms with Gasteiger partial charge in [0, 0.05) is 35.8 Å². The van der Waals surface area contributed by atoms with Crippen molar-refractivity contribution in [3.05, 3.63) is 40.8 Å². The number of nitrogen functional groups attached to an aromatic ring is 1. The van der Waals surface area contributed by atoms with Gasteiger partial charge in [-0.3, -0.25) is 14.4 Å². The van der Waals surface area contributed by atoms with Crippen molar-refractivity contribution in [2.24, 2.45) is 17.4 Å². The van der Waals surface area contributed by atoms with Crippen LogP contribution in [0.25, 0.3) is 10.1 Å². The first-order valence-electron chi connectivity index (χ1n) is 10.8. The van der Waals surface area contributed by atoms with Crippen LogP contribution < -0.4 is 22.5 Å². The topological polar surface area (TPSA) is 145 Å². The van der Waals surface area contributed by atoms with E-state index < -0.39 is 11.6 Å². The van der Waals surface area contributed by atoms with Crippen molar-refractivity contribution in [1.82, 2.24) is 10.2 Å². The van der Waals surface area contributed by atoms with Crippen molar-refractivity contribution in [2.75, 3.05) is 18.8 Å². The Labute approximate surface area is 190 Å². The summed E-state index contributed by atoms with van der Waals surface area (Å²) in [6.45, 7) is 8.35. The van der Waals surface area contributed by atoms with E-state index in [0.717, 1.165) is 18.2 Å². The number of piperidine rings is 1. The molecule has 32 heavy (non-hydrogen) atoms. The summed E-state index contributed by atoms with van der Waals surface area (Å²) in [5.41, 5.74) is 19.7. The maximum absolute atomic E-state index is 13.3. The van der Waals surface area contributed by atoms with E-state index in [1.165, 1.54) is 17.4 Å². The number of nitrogens with one attached hydrogen (secondary N) is 1. The number of anilines is 1. The Morgan fingerprint density at radius 3 is 2.75 bits per heavy atom. The van der Waals surface area contributed by atoms with Gasteiger partial charge in [-0.2, -0.15) is 0 Å². The lowest BCUT2D eigenvalue weighted by atomic mass is 9.68. The van der Waals surface area contributed by atoms with Gasteiger partial charge in [0.1, 0.15) is 5.54 Å². The Morgan fingerprint density at radius 2 is 2.09 bits per heavy atom. The smallest absolute Gasteiger partial charge is 0.262 e. The predicted octanol–water partition coefficient (Wildman–Crippen LogP) is 1.78. The van der Waals surface area contributed by atoms with E-state index >= 15 is 0 Å². The van der Waals surface area contributed by atoms with Crippen LogP contribution in [0.4, 0.5) is 5.69 Å². The number of ketones is 1. The molecule has 1 aromatic heterocycles. The van der Waals surface area contributed by atoms with E-state index in [1.807, 2.05) is 13.8 Å². The second kappa shape index (κ2) is 7.99. The zero-order chi connectivity index (χ0) is 23.4. The van der Waals surface area contributed by atoms with Crippen LogP contribution in [0.2, 0.25) is 0 Å². The second-order valence-electron chi connectivity index (χ2n) is 8.92. The highest BCUT2D eigenvalue weighted by Crippen LogP contribution is 2.49. The van der Waals surface area contributed by atoms with E-state index in [9.17, 15) is 14.4 Å². The molecule has 3 atom stereocenters. The summed E-state index contributed by atoms with van der Waals surface area (Å²) in [6.07, 6.45) is 2.82. The first-order chi connectivity index (χ1) is 15.1.